The molecule has 1 heterocycles. The molecule has 1 aliphatic rings. The van der Waals surface area contributed by atoms with Crippen LogP contribution >= 0.6 is 0 Å². The Labute approximate surface area is 134 Å². The molecule has 0 bridgehead atoms. The van der Waals surface area contributed by atoms with E-state index in [2.05, 4.69) is 0 Å². The number of para-hydroxylation sites is 1. The third-order valence-electron chi connectivity index (χ3n) is 4.49. The summed E-state index contributed by atoms with van der Waals surface area (Å²) in [6.45, 7) is 0. The summed E-state index contributed by atoms with van der Waals surface area (Å²) in [6.07, 6.45) is 4.96. The Kier molecular flexibility index (Phi) is 4.28. The van der Waals surface area contributed by atoms with E-state index in [0.717, 1.165) is 19.3 Å². The van der Waals surface area contributed by atoms with Gasteiger partial charge in [-0.15, -0.1) is 0 Å². The first-order valence-corrected chi connectivity index (χ1v) is 7.86. The molecule has 1 aliphatic carbocycles. The molecule has 1 atom stereocenters. The van der Waals surface area contributed by atoms with E-state index in [0.29, 0.717) is 22.9 Å². The number of hydrogen-bond acceptors (Lipinski definition) is 4. The number of aromatic nitrogens is 1. The number of Topliss-reactive ketones (excluding diaryl/α,β-unsaturated/α-hetero) is 1. The van der Waals surface area contributed by atoms with Crippen molar-refractivity contribution in [1.29, 1.82) is 0 Å². The maximum Gasteiger partial charge on any atom is 0.340 e. The highest BCUT2D eigenvalue weighted by Crippen LogP contribution is 2.26. The van der Waals surface area contributed by atoms with E-state index >= 15 is 0 Å². The number of esters is 1. The van der Waals surface area contributed by atoms with Crippen LogP contribution in [0, 0.1) is 5.92 Å². The van der Waals surface area contributed by atoms with Gasteiger partial charge in [0, 0.05) is 30.3 Å². The van der Waals surface area contributed by atoms with Crippen molar-refractivity contribution < 1.29 is 19.1 Å². The number of fused-ring (bicyclic) bond motifs is 1. The van der Waals surface area contributed by atoms with Gasteiger partial charge in [-0.05, 0) is 18.9 Å². The number of hydrogen-bond donors (Lipinski definition) is 0. The van der Waals surface area contributed by atoms with Crippen molar-refractivity contribution in [3.63, 3.8) is 0 Å². The van der Waals surface area contributed by atoms with E-state index in [-0.39, 0.29) is 24.0 Å². The summed E-state index contributed by atoms with van der Waals surface area (Å²) in [5.41, 5.74) is 1.03. The molecule has 0 saturated heterocycles. The quantitative estimate of drug-likeness (QED) is 0.816. The van der Waals surface area contributed by atoms with Gasteiger partial charge in [-0.25, -0.2) is 4.79 Å². The minimum atomic E-state index is -0.471. The van der Waals surface area contributed by atoms with Gasteiger partial charge in [0.15, 0.2) is 0 Å². The normalized spacial score (nSPS) is 18.1. The third kappa shape index (κ3) is 2.91. The van der Waals surface area contributed by atoms with Gasteiger partial charge in [0.1, 0.15) is 5.78 Å². The predicted octanol–water partition coefficient (Wildman–Crippen LogP) is 3.22. The molecule has 5 heteroatoms. The summed E-state index contributed by atoms with van der Waals surface area (Å²) in [6, 6.07) is 7.21. The van der Waals surface area contributed by atoms with Crippen molar-refractivity contribution in [2.24, 2.45) is 5.92 Å². The minimum Gasteiger partial charge on any atom is -0.465 e. The molecule has 0 amide bonds. The Morgan fingerprint density at radius 1 is 1.26 bits per heavy atom. The van der Waals surface area contributed by atoms with Crippen LogP contribution in [0.25, 0.3) is 10.9 Å². The summed E-state index contributed by atoms with van der Waals surface area (Å²) in [5, 5.41) is 0.683. The van der Waals surface area contributed by atoms with Gasteiger partial charge in [0.25, 0.3) is 0 Å². The largest absolute Gasteiger partial charge is 0.465 e. The lowest BCUT2D eigenvalue weighted by atomic mass is 9.85. The zero-order valence-corrected chi connectivity index (χ0v) is 13.1. The van der Waals surface area contributed by atoms with Crippen LogP contribution in [0.15, 0.2) is 30.5 Å². The van der Waals surface area contributed by atoms with E-state index in [9.17, 15) is 14.4 Å². The molecule has 0 aliphatic heterocycles. The van der Waals surface area contributed by atoms with Crippen molar-refractivity contribution in [2.75, 3.05) is 7.11 Å². The number of nitrogens with zero attached hydrogens (tertiary/aromatic N) is 1. The molecule has 1 unspecified atom stereocenters. The third-order valence-corrected chi connectivity index (χ3v) is 4.49. The Hall–Kier alpha value is -2.43. The summed E-state index contributed by atoms with van der Waals surface area (Å²) >= 11 is 0. The molecule has 1 fully saturated rings. The molecule has 0 N–H and O–H groups in total. The zero-order chi connectivity index (χ0) is 16.4. The van der Waals surface area contributed by atoms with Crippen molar-refractivity contribution in [3.8, 4) is 0 Å². The van der Waals surface area contributed by atoms with Gasteiger partial charge in [-0.3, -0.25) is 14.2 Å². The molecule has 0 radical (unpaired) electrons. The van der Waals surface area contributed by atoms with E-state index in [1.807, 2.05) is 12.1 Å². The fourth-order valence-corrected chi connectivity index (χ4v) is 3.24. The predicted molar refractivity (Wildman–Crippen MR) is 85.5 cm³/mol. The SMILES string of the molecule is COC(=O)c1cn(C(=O)CC2CCCCC2=O)c2ccccc12. The van der Waals surface area contributed by atoms with Gasteiger partial charge in [0.2, 0.25) is 5.91 Å². The van der Waals surface area contributed by atoms with Gasteiger partial charge in [-0.1, -0.05) is 24.6 Å². The maximum absolute atomic E-state index is 12.7. The molecule has 0 spiro atoms. The Balaban J connectivity index is 1.94. The lowest BCUT2D eigenvalue weighted by molar-refractivity contribution is -0.124. The molecule has 1 saturated carbocycles. The molecular formula is C18H19NO4. The van der Waals surface area contributed by atoms with Gasteiger partial charge < -0.3 is 4.74 Å². The molecular weight excluding hydrogens is 294 g/mol. The van der Waals surface area contributed by atoms with Gasteiger partial charge >= 0.3 is 5.97 Å². The first kappa shape index (κ1) is 15.5. The van der Waals surface area contributed by atoms with Crippen LogP contribution in [0.4, 0.5) is 0 Å². The smallest absolute Gasteiger partial charge is 0.340 e. The molecule has 23 heavy (non-hydrogen) atoms. The lowest BCUT2D eigenvalue weighted by Gasteiger charge is -2.19. The highest BCUT2D eigenvalue weighted by molar-refractivity contribution is 6.07. The minimum absolute atomic E-state index is 0.156. The lowest BCUT2D eigenvalue weighted by Crippen LogP contribution is -2.24. The molecule has 120 valence electrons. The Bertz CT molecular complexity index is 774. The van der Waals surface area contributed by atoms with Crippen LogP contribution in [0.3, 0.4) is 0 Å². The number of carbonyl (C=O) groups is 3. The van der Waals surface area contributed by atoms with E-state index in [1.54, 1.807) is 12.1 Å². The van der Waals surface area contributed by atoms with Crippen LogP contribution in [-0.2, 0) is 9.53 Å². The molecule has 3 rings (SSSR count). The first-order valence-electron chi connectivity index (χ1n) is 7.86. The van der Waals surface area contributed by atoms with Crippen molar-refractivity contribution >= 4 is 28.6 Å². The van der Waals surface area contributed by atoms with Crippen LogP contribution in [0.2, 0.25) is 0 Å². The topological polar surface area (TPSA) is 65.4 Å². The molecule has 2 aromatic rings. The molecule has 1 aromatic heterocycles. The van der Waals surface area contributed by atoms with Gasteiger partial charge in [0.05, 0.1) is 18.2 Å². The van der Waals surface area contributed by atoms with Crippen LogP contribution in [-0.4, -0.2) is 29.3 Å². The highest BCUT2D eigenvalue weighted by atomic mass is 16.5. The van der Waals surface area contributed by atoms with Crippen LogP contribution in [0.1, 0.15) is 47.3 Å². The van der Waals surface area contributed by atoms with E-state index < -0.39 is 5.97 Å². The summed E-state index contributed by atoms with van der Waals surface area (Å²) in [4.78, 5) is 36.5. The second-order valence-electron chi connectivity index (χ2n) is 5.93. The second kappa shape index (κ2) is 6.36. The highest BCUT2D eigenvalue weighted by Gasteiger charge is 2.26. The Morgan fingerprint density at radius 3 is 2.78 bits per heavy atom. The average Bonchev–Trinajstić information content (AvgIpc) is 2.96. The second-order valence-corrected chi connectivity index (χ2v) is 5.93. The maximum atomic E-state index is 12.7. The standard InChI is InChI=1S/C18H19NO4/c1-23-18(22)14-11-19(15-8-4-3-7-13(14)15)17(21)10-12-6-2-5-9-16(12)20/h3-4,7-8,11-12H,2,5-6,9-10H2,1H3. The number of methoxy groups -OCH3 is 1. The first-order chi connectivity index (χ1) is 11.1. The number of rotatable bonds is 3. The fourth-order valence-electron chi connectivity index (χ4n) is 3.24. The average molecular weight is 313 g/mol. The van der Waals surface area contributed by atoms with E-state index in [4.69, 9.17) is 4.74 Å². The number of ketones is 1. The van der Waals surface area contributed by atoms with E-state index in [1.165, 1.54) is 17.9 Å². The summed E-state index contributed by atoms with van der Waals surface area (Å²) in [5.74, 6) is -0.647. The van der Waals surface area contributed by atoms with Crippen LogP contribution in [0.5, 0.6) is 0 Å². The van der Waals surface area contributed by atoms with Crippen molar-refractivity contribution in [2.45, 2.75) is 32.1 Å². The fraction of sp³-hybridized carbons (Fsp3) is 0.389. The number of benzene rings is 1. The van der Waals surface area contributed by atoms with Crippen molar-refractivity contribution in [1.82, 2.24) is 4.57 Å². The monoisotopic (exact) mass is 313 g/mol. The molecule has 5 nitrogen and oxygen atoms in total. The number of ether oxygens (including phenoxy) is 1. The van der Waals surface area contributed by atoms with Crippen LogP contribution < -0.4 is 0 Å². The summed E-state index contributed by atoms with van der Waals surface area (Å²) < 4.78 is 6.26. The summed E-state index contributed by atoms with van der Waals surface area (Å²) in [7, 11) is 1.32. The molecule has 1 aromatic carbocycles. The van der Waals surface area contributed by atoms with Gasteiger partial charge in [-0.2, -0.15) is 0 Å². The Morgan fingerprint density at radius 2 is 2.04 bits per heavy atom. The van der Waals surface area contributed by atoms with Crippen molar-refractivity contribution in [3.05, 3.63) is 36.0 Å². The number of carbonyl (C=O) groups excluding carboxylic acids is 3. The zero-order valence-electron chi connectivity index (χ0n) is 13.1.